The van der Waals surface area contributed by atoms with Crippen LogP contribution in [0, 0.1) is 29.1 Å². The summed E-state index contributed by atoms with van der Waals surface area (Å²) in [7, 11) is 9.16. The van der Waals surface area contributed by atoms with Gasteiger partial charge in [-0.05, 0) is 87.2 Å². The first-order chi connectivity index (χ1) is 26.9. The molecule has 3 fully saturated rings. The Balaban J connectivity index is 1.46. The van der Waals surface area contributed by atoms with Gasteiger partial charge in [0, 0.05) is 68.1 Å². The van der Waals surface area contributed by atoms with E-state index < -0.39 is 30.2 Å². The molecule has 1 aliphatic carbocycles. The number of likely N-dealkylation sites (tertiary alicyclic amines) is 1. The molecule has 2 aromatic carbocycles. The smallest absolute Gasteiger partial charge is 0.252 e. The molecule has 13 heteroatoms. The monoisotopic (exact) mass is 793 g/mol. The number of nitrogens with zero attached hydrogens (tertiary/aromatic N) is 4. The van der Waals surface area contributed by atoms with Crippen molar-refractivity contribution < 1.29 is 34.2 Å². The number of ether oxygens (including phenoxy) is 1. The highest BCUT2D eigenvalue weighted by Gasteiger charge is 2.51. The SMILES string of the molecule is COc1c(CN2O[C@@H](CO)[C@@H]([C@H](C)O)[C@H]2C(=O)N[C@H]2C[C@@H](C)C(C)(C)[C@@H](C)[C@@H]2C)cccc1-c1cc(C(=O)N[C@H](CN(C)C)C(=O)N2CCCC2)cc(N(C)C)c1. The van der Waals surface area contributed by atoms with E-state index in [1.807, 2.05) is 73.2 Å². The molecule has 2 aliphatic heterocycles. The van der Waals surface area contributed by atoms with Crippen molar-refractivity contribution in [1.29, 1.82) is 0 Å². The van der Waals surface area contributed by atoms with Gasteiger partial charge in [-0.25, -0.2) is 0 Å². The maximum Gasteiger partial charge on any atom is 0.252 e. The largest absolute Gasteiger partial charge is 0.496 e. The molecule has 4 N–H and O–H groups in total. The maximum atomic E-state index is 14.4. The third-order valence-electron chi connectivity index (χ3n) is 13.4. The number of para-hydroxylation sites is 1. The molecule has 57 heavy (non-hydrogen) atoms. The molecular weight excluding hydrogens is 725 g/mol. The van der Waals surface area contributed by atoms with Gasteiger partial charge in [0.15, 0.2) is 0 Å². The van der Waals surface area contributed by atoms with Crippen LogP contribution in [-0.2, 0) is 21.0 Å². The molecule has 9 atom stereocenters. The van der Waals surface area contributed by atoms with Gasteiger partial charge in [0.1, 0.15) is 23.9 Å². The Morgan fingerprint density at radius 2 is 1.74 bits per heavy atom. The van der Waals surface area contributed by atoms with Crippen LogP contribution in [-0.4, -0.2) is 135 Å². The number of hydroxylamine groups is 2. The molecule has 0 aromatic heterocycles. The molecule has 2 heterocycles. The first-order valence-electron chi connectivity index (χ1n) is 20.6. The maximum absolute atomic E-state index is 14.4. The molecule has 2 aromatic rings. The quantitative estimate of drug-likeness (QED) is 0.222. The van der Waals surface area contributed by atoms with Crippen LogP contribution in [0.5, 0.6) is 5.75 Å². The summed E-state index contributed by atoms with van der Waals surface area (Å²) in [6.07, 6.45) is 1.04. The van der Waals surface area contributed by atoms with Gasteiger partial charge in [-0.2, -0.15) is 5.06 Å². The lowest BCUT2D eigenvalue weighted by Gasteiger charge is -2.50. The van der Waals surface area contributed by atoms with E-state index in [0.717, 1.165) is 36.1 Å². The number of carbonyl (C=O) groups excluding carboxylic acids is 3. The number of benzene rings is 2. The number of hydrogen-bond donors (Lipinski definition) is 4. The van der Waals surface area contributed by atoms with E-state index in [0.29, 0.717) is 48.3 Å². The molecule has 5 rings (SSSR count). The number of methoxy groups -OCH3 is 1. The van der Waals surface area contributed by atoms with E-state index >= 15 is 0 Å². The number of rotatable bonds is 14. The summed E-state index contributed by atoms with van der Waals surface area (Å²) in [5.41, 5.74) is 3.48. The van der Waals surface area contributed by atoms with Gasteiger partial charge in [0.05, 0.1) is 26.4 Å². The Labute approximate surface area is 340 Å². The fraction of sp³-hybridized carbons (Fsp3) is 0.659. The highest BCUT2D eigenvalue weighted by Crippen LogP contribution is 2.47. The van der Waals surface area contributed by atoms with Crippen molar-refractivity contribution in [2.24, 2.45) is 29.1 Å². The molecule has 0 unspecified atom stereocenters. The highest BCUT2D eigenvalue weighted by molar-refractivity contribution is 6.00. The first-order valence-corrected chi connectivity index (χ1v) is 20.6. The van der Waals surface area contributed by atoms with Crippen molar-refractivity contribution in [3.63, 3.8) is 0 Å². The summed E-state index contributed by atoms with van der Waals surface area (Å²) >= 11 is 0. The third kappa shape index (κ3) is 9.60. The average molecular weight is 793 g/mol. The summed E-state index contributed by atoms with van der Waals surface area (Å²) in [6.45, 7) is 14.4. The molecule has 3 amide bonds. The summed E-state index contributed by atoms with van der Waals surface area (Å²) in [6, 6.07) is 9.68. The van der Waals surface area contributed by atoms with Gasteiger partial charge in [0.2, 0.25) is 11.8 Å². The molecule has 2 saturated heterocycles. The zero-order chi connectivity index (χ0) is 41.9. The minimum absolute atomic E-state index is 0.0510. The van der Waals surface area contributed by atoms with Crippen molar-refractivity contribution in [3.05, 3.63) is 47.5 Å². The standard InChI is InChI=1S/C44H68N6O7/c1-26-19-35(27(2)28(3)44(26,5)6)45-42(54)39-38(29(4)52)37(25-51)57-50(39)23-30-15-14-16-34(40(30)56-11)31-20-32(22-33(21-31)48(9)10)41(53)46-36(24-47(7)8)43(55)49-17-12-13-18-49/h14-16,20-22,26-29,35-39,51-52H,12-13,17-19,23-25H2,1-11H3,(H,45,54)(H,46,53)/t26-,27+,28+,29+,35+,36-,37+,38-,39+/m1/s1. The zero-order valence-corrected chi connectivity index (χ0v) is 36.0. The number of anilines is 1. The molecule has 3 aliphatic rings. The van der Waals surface area contributed by atoms with Crippen LogP contribution in [0.25, 0.3) is 11.1 Å². The molecule has 0 spiro atoms. The van der Waals surface area contributed by atoms with Crippen molar-refractivity contribution in [1.82, 2.24) is 25.5 Å². The molecular formula is C44H68N6O7. The van der Waals surface area contributed by atoms with Crippen LogP contribution in [0.15, 0.2) is 36.4 Å². The van der Waals surface area contributed by atoms with Gasteiger partial charge in [-0.1, -0.05) is 52.8 Å². The van der Waals surface area contributed by atoms with Crippen LogP contribution in [0.1, 0.15) is 76.7 Å². The van der Waals surface area contributed by atoms with Crippen molar-refractivity contribution in [2.45, 2.75) is 97.7 Å². The van der Waals surface area contributed by atoms with E-state index in [1.165, 1.54) is 0 Å². The fourth-order valence-corrected chi connectivity index (χ4v) is 9.16. The van der Waals surface area contributed by atoms with Crippen molar-refractivity contribution >= 4 is 23.4 Å². The van der Waals surface area contributed by atoms with Gasteiger partial charge in [-0.3, -0.25) is 19.2 Å². The van der Waals surface area contributed by atoms with Crippen LogP contribution in [0.3, 0.4) is 0 Å². The number of amides is 3. The van der Waals surface area contributed by atoms with E-state index in [9.17, 15) is 24.6 Å². The van der Waals surface area contributed by atoms with E-state index in [2.05, 4.69) is 45.3 Å². The number of carbonyl (C=O) groups is 3. The predicted octanol–water partition coefficient (Wildman–Crippen LogP) is 4.01. The van der Waals surface area contributed by atoms with Gasteiger partial charge >= 0.3 is 0 Å². The lowest BCUT2D eigenvalue weighted by molar-refractivity contribution is -0.182. The number of aliphatic hydroxyl groups is 2. The summed E-state index contributed by atoms with van der Waals surface area (Å²) < 4.78 is 6.09. The Morgan fingerprint density at radius 1 is 1.05 bits per heavy atom. The lowest BCUT2D eigenvalue weighted by atomic mass is 9.58. The number of nitrogens with one attached hydrogen (secondary N) is 2. The molecule has 1 saturated carbocycles. The Hall–Kier alpha value is -3.75. The van der Waals surface area contributed by atoms with Gasteiger partial charge in [-0.15, -0.1) is 0 Å². The van der Waals surface area contributed by atoms with E-state index in [-0.39, 0.29) is 48.2 Å². The summed E-state index contributed by atoms with van der Waals surface area (Å²) in [5, 5.41) is 29.4. The minimum atomic E-state index is -0.932. The fourth-order valence-electron chi connectivity index (χ4n) is 9.16. The van der Waals surface area contributed by atoms with Crippen LogP contribution < -0.4 is 20.3 Å². The summed E-state index contributed by atoms with van der Waals surface area (Å²) in [4.78, 5) is 53.8. The van der Waals surface area contributed by atoms with Crippen LogP contribution in [0.4, 0.5) is 5.69 Å². The van der Waals surface area contributed by atoms with Crippen LogP contribution >= 0.6 is 0 Å². The third-order valence-corrected chi connectivity index (χ3v) is 13.4. The van der Waals surface area contributed by atoms with Gasteiger partial charge < -0.3 is 40.3 Å². The highest BCUT2D eigenvalue weighted by atomic mass is 16.7. The lowest BCUT2D eigenvalue weighted by Crippen LogP contribution is -2.56. The Kier molecular flexibility index (Phi) is 14.4. The first kappa shape index (κ1) is 44.4. The second-order valence-electron chi connectivity index (χ2n) is 17.9. The predicted molar refractivity (Wildman–Crippen MR) is 223 cm³/mol. The Morgan fingerprint density at radius 3 is 2.33 bits per heavy atom. The van der Waals surface area contributed by atoms with Crippen LogP contribution in [0.2, 0.25) is 0 Å². The normalized spacial score (nSPS) is 27.3. The summed E-state index contributed by atoms with van der Waals surface area (Å²) in [5.74, 6) is 0.184. The number of hydrogen-bond acceptors (Lipinski definition) is 10. The zero-order valence-electron chi connectivity index (χ0n) is 36.0. The van der Waals surface area contributed by atoms with E-state index in [1.54, 1.807) is 25.2 Å². The van der Waals surface area contributed by atoms with Crippen molar-refractivity contribution in [3.8, 4) is 16.9 Å². The molecule has 316 valence electrons. The molecule has 13 nitrogen and oxygen atoms in total. The second kappa shape index (κ2) is 18.4. The van der Waals surface area contributed by atoms with Crippen molar-refractivity contribution in [2.75, 3.05) is 66.4 Å². The topological polar surface area (TPSA) is 147 Å². The second-order valence-corrected chi connectivity index (χ2v) is 17.9. The Bertz CT molecular complexity index is 1730. The number of aliphatic hydroxyl groups excluding tert-OH is 2. The molecule has 0 bridgehead atoms. The molecule has 0 radical (unpaired) electrons. The number of likely N-dealkylation sites (N-methyl/N-ethyl adjacent to an activating group) is 1. The van der Waals surface area contributed by atoms with Gasteiger partial charge in [0.25, 0.3) is 5.91 Å². The van der Waals surface area contributed by atoms with E-state index in [4.69, 9.17) is 9.57 Å². The average Bonchev–Trinajstić information content (AvgIpc) is 3.84. The minimum Gasteiger partial charge on any atom is -0.496 e.